The second-order valence-corrected chi connectivity index (χ2v) is 7.16. The molecule has 0 amide bonds. The number of rotatable bonds is 1. The Balaban J connectivity index is 2.64. The first-order chi connectivity index (χ1) is 8.67. The molecular formula is C18H24O. The molecule has 0 aromatic heterocycles. The van der Waals surface area contributed by atoms with Gasteiger partial charge in [-0.3, -0.25) is 0 Å². The van der Waals surface area contributed by atoms with E-state index in [1.807, 2.05) is 0 Å². The molecule has 2 rings (SSSR count). The van der Waals surface area contributed by atoms with Crippen molar-refractivity contribution in [1.29, 1.82) is 0 Å². The monoisotopic (exact) mass is 256 g/mol. The van der Waals surface area contributed by atoms with Crippen LogP contribution in [0.3, 0.4) is 0 Å². The van der Waals surface area contributed by atoms with Gasteiger partial charge >= 0.3 is 0 Å². The van der Waals surface area contributed by atoms with E-state index in [0.717, 1.165) is 5.75 Å². The molecule has 102 valence electrons. The first kappa shape index (κ1) is 13.9. The Hall–Kier alpha value is -1.50. The van der Waals surface area contributed by atoms with Gasteiger partial charge in [0, 0.05) is 0 Å². The molecule has 0 unspecified atom stereocenters. The predicted molar refractivity (Wildman–Crippen MR) is 83.0 cm³/mol. The van der Waals surface area contributed by atoms with E-state index >= 15 is 0 Å². The molecule has 0 saturated heterocycles. The number of benzene rings is 2. The van der Waals surface area contributed by atoms with Crippen LogP contribution >= 0.6 is 0 Å². The molecule has 0 radical (unpaired) electrons. The lowest BCUT2D eigenvalue weighted by molar-refractivity contribution is 0.131. The predicted octanol–water partition coefficient (Wildman–Crippen LogP) is 5.31. The van der Waals surface area contributed by atoms with Gasteiger partial charge in [0.15, 0.2) is 0 Å². The lowest BCUT2D eigenvalue weighted by Gasteiger charge is -2.26. The SMILES string of the molecule is CC(C)(C)Oc1cc(C(C)(C)C)c2ccccc2c1. The van der Waals surface area contributed by atoms with Crippen molar-refractivity contribution >= 4 is 10.8 Å². The number of hydrogen-bond donors (Lipinski definition) is 0. The van der Waals surface area contributed by atoms with E-state index in [4.69, 9.17) is 4.74 Å². The molecule has 2 aromatic carbocycles. The summed E-state index contributed by atoms with van der Waals surface area (Å²) in [4.78, 5) is 0. The summed E-state index contributed by atoms with van der Waals surface area (Å²) in [6.45, 7) is 13.0. The van der Waals surface area contributed by atoms with Gasteiger partial charge in [0.05, 0.1) is 0 Å². The largest absolute Gasteiger partial charge is 0.488 e. The molecule has 0 heterocycles. The number of fused-ring (bicyclic) bond motifs is 1. The molecular weight excluding hydrogens is 232 g/mol. The zero-order chi connectivity index (χ0) is 14.3. The van der Waals surface area contributed by atoms with Gasteiger partial charge in [0.2, 0.25) is 0 Å². The van der Waals surface area contributed by atoms with E-state index in [1.165, 1.54) is 16.3 Å². The lowest BCUT2D eigenvalue weighted by Crippen LogP contribution is -2.23. The summed E-state index contributed by atoms with van der Waals surface area (Å²) in [5, 5.41) is 2.56. The molecule has 0 spiro atoms. The van der Waals surface area contributed by atoms with Crippen LogP contribution in [0.25, 0.3) is 10.8 Å². The van der Waals surface area contributed by atoms with Crippen molar-refractivity contribution in [3.8, 4) is 5.75 Å². The average Bonchev–Trinajstić information content (AvgIpc) is 2.24. The normalized spacial score (nSPS) is 12.7. The molecule has 1 heteroatoms. The van der Waals surface area contributed by atoms with Crippen LogP contribution in [0, 0.1) is 0 Å². The third kappa shape index (κ3) is 3.28. The summed E-state index contributed by atoms with van der Waals surface area (Å²) in [5.41, 5.74) is 1.28. The van der Waals surface area contributed by atoms with Crippen LogP contribution in [0.2, 0.25) is 0 Å². The topological polar surface area (TPSA) is 9.23 Å². The highest BCUT2D eigenvalue weighted by Gasteiger charge is 2.20. The second-order valence-electron chi connectivity index (χ2n) is 7.16. The van der Waals surface area contributed by atoms with Crippen molar-refractivity contribution in [1.82, 2.24) is 0 Å². The Labute approximate surface area is 116 Å². The Morgan fingerprint density at radius 1 is 0.842 bits per heavy atom. The van der Waals surface area contributed by atoms with Crippen LogP contribution in [-0.2, 0) is 5.41 Å². The van der Waals surface area contributed by atoms with E-state index in [1.54, 1.807) is 0 Å². The van der Waals surface area contributed by atoms with Crippen LogP contribution in [0.5, 0.6) is 5.75 Å². The van der Waals surface area contributed by atoms with E-state index in [9.17, 15) is 0 Å². The summed E-state index contributed by atoms with van der Waals surface area (Å²) in [7, 11) is 0. The standard InChI is InChI=1S/C18H24O/c1-17(2,3)16-12-14(19-18(4,5)6)11-13-9-7-8-10-15(13)16/h7-12H,1-6H3. The highest BCUT2D eigenvalue weighted by Crippen LogP contribution is 2.34. The second kappa shape index (κ2) is 4.56. The lowest BCUT2D eigenvalue weighted by atomic mass is 9.83. The van der Waals surface area contributed by atoms with Gasteiger partial charge in [0.25, 0.3) is 0 Å². The fourth-order valence-corrected chi connectivity index (χ4v) is 2.32. The van der Waals surface area contributed by atoms with Crippen molar-refractivity contribution in [2.24, 2.45) is 0 Å². The molecule has 2 aromatic rings. The minimum Gasteiger partial charge on any atom is -0.488 e. The Bertz CT molecular complexity index is 583. The van der Waals surface area contributed by atoms with Gasteiger partial charge in [-0.2, -0.15) is 0 Å². The highest BCUT2D eigenvalue weighted by molar-refractivity contribution is 5.88. The summed E-state index contributed by atoms with van der Waals surface area (Å²) in [6, 6.07) is 12.8. The van der Waals surface area contributed by atoms with Gasteiger partial charge in [-0.15, -0.1) is 0 Å². The first-order valence-corrected chi connectivity index (χ1v) is 6.89. The Morgan fingerprint density at radius 2 is 1.47 bits per heavy atom. The molecule has 0 fully saturated rings. The summed E-state index contributed by atoms with van der Waals surface area (Å²) >= 11 is 0. The fraction of sp³-hybridized carbons (Fsp3) is 0.444. The van der Waals surface area contributed by atoms with E-state index in [2.05, 4.69) is 77.9 Å². The van der Waals surface area contributed by atoms with Crippen LogP contribution in [0.4, 0.5) is 0 Å². The molecule has 0 N–H and O–H groups in total. The van der Waals surface area contributed by atoms with Gasteiger partial charge < -0.3 is 4.74 Å². The van der Waals surface area contributed by atoms with E-state index in [-0.39, 0.29) is 11.0 Å². The quantitative estimate of drug-likeness (QED) is 0.671. The van der Waals surface area contributed by atoms with Crippen LogP contribution < -0.4 is 4.74 Å². The van der Waals surface area contributed by atoms with Crippen molar-refractivity contribution in [3.05, 3.63) is 42.0 Å². The molecule has 0 aliphatic carbocycles. The van der Waals surface area contributed by atoms with Crippen LogP contribution in [0.15, 0.2) is 36.4 Å². The highest BCUT2D eigenvalue weighted by atomic mass is 16.5. The van der Waals surface area contributed by atoms with Crippen LogP contribution in [0.1, 0.15) is 47.1 Å². The minimum atomic E-state index is -0.169. The molecule has 19 heavy (non-hydrogen) atoms. The first-order valence-electron chi connectivity index (χ1n) is 6.89. The minimum absolute atomic E-state index is 0.108. The summed E-state index contributed by atoms with van der Waals surface area (Å²) in [5.74, 6) is 0.955. The fourth-order valence-electron chi connectivity index (χ4n) is 2.32. The third-order valence-electron chi connectivity index (χ3n) is 3.07. The Kier molecular flexibility index (Phi) is 3.34. The molecule has 0 bridgehead atoms. The van der Waals surface area contributed by atoms with E-state index in [0.29, 0.717) is 0 Å². The molecule has 0 atom stereocenters. The maximum absolute atomic E-state index is 6.05. The molecule has 0 saturated carbocycles. The zero-order valence-electron chi connectivity index (χ0n) is 12.9. The summed E-state index contributed by atoms with van der Waals surface area (Å²) < 4.78 is 6.05. The van der Waals surface area contributed by atoms with Crippen LogP contribution in [-0.4, -0.2) is 5.60 Å². The van der Waals surface area contributed by atoms with Gasteiger partial charge in [-0.05, 0) is 54.7 Å². The molecule has 0 aliphatic rings. The molecule has 0 aliphatic heterocycles. The summed E-state index contributed by atoms with van der Waals surface area (Å²) in [6.07, 6.45) is 0. The van der Waals surface area contributed by atoms with Crippen molar-refractivity contribution < 1.29 is 4.74 Å². The van der Waals surface area contributed by atoms with Crippen molar-refractivity contribution in [2.45, 2.75) is 52.6 Å². The average molecular weight is 256 g/mol. The smallest absolute Gasteiger partial charge is 0.121 e. The number of hydrogen-bond acceptors (Lipinski definition) is 1. The third-order valence-corrected chi connectivity index (χ3v) is 3.07. The van der Waals surface area contributed by atoms with Gasteiger partial charge in [-0.1, -0.05) is 45.0 Å². The van der Waals surface area contributed by atoms with Gasteiger partial charge in [0.1, 0.15) is 11.4 Å². The van der Waals surface area contributed by atoms with Crippen molar-refractivity contribution in [2.75, 3.05) is 0 Å². The molecule has 1 nitrogen and oxygen atoms in total. The maximum atomic E-state index is 6.05. The van der Waals surface area contributed by atoms with Gasteiger partial charge in [-0.25, -0.2) is 0 Å². The van der Waals surface area contributed by atoms with E-state index < -0.39 is 0 Å². The maximum Gasteiger partial charge on any atom is 0.121 e. The Morgan fingerprint density at radius 3 is 2.05 bits per heavy atom. The number of ether oxygens (including phenoxy) is 1. The van der Waals surface area contributed by atoms with Crippen molar-refractivity contribution in [3.63, 3.8) is 0 Å². The zero-order valence-corrected chi connectivity index (χ0v) is 12.9.